The lowest BCUT2D eigenvalue weighted by Gasteiger charge is -2.43. The second kappa shape index (κ2) is 4.58. The van der Waals surface area contributed by atoms with Crippen LogP contribution in [0.25, 0.3) is 0 Å². The summed E-state index contributed by atoms with van der Waals surface area (Å²) >= 11 is 0. The van der Waals surface area contributed by atoms with Gasteiger partial charge in [0.15, 0.2) is 0 Å². The van der Waals surface area contributed by atoms with Crippen molar-refractivity contribution in [1.29, 1.82) is 0 Å². The first kappa shape index (κ1) is 11.9. The second-order valence-corrected chi connectivity index (χ2v) is 5.36. The van der Waals surface area contributed by atoms with E-state index < -0.39 is 0 Å². The molecule has 0 saturated carbocycles. The van der Waals surface area contributed by atoms with E-state index >= 15 is 0 Å². The average molecular weight is 202 g/mol. The quantitative estimate of drug-likeness (QED) is 0.732. The Balaban J connectivity index is 2.53. The van der Waals surface area contributed by atoms with Crippen LogP contribution in [-0.4, -0.2) is 43.3 Å². The molecular formula is C11H23FN2. The van der Waals surface area contributed by atoms with Crippen molar-refractivity contribution in [2.24, 2.45) is 5.41 Å². The molecule has 1 heterocycles. The summed E-state index contributed by atoms with van der Waals surface area (Å²) in [4.78, 5) is 2.24. The van der Waals surface area contributed by atoms with E-state index in [2.05, 4.69) is 37.9 Å². The van der Waals surface area contributed by atoms with Gasteiger partial charge in [0.1, 0.15) is 6.67 Å². The maximum Gasteiger partial charge on any atom is 0.102 e. The highest BCUT2D eigenvalue weighted by Gasteiger charge is 2.31. The van der Waals surface area contributed by atoms with Crippen LogP contribution in [-0.2, 0) is 0 Å². The van der Waals surface area contributed by atoms with Crippen LogP contribution in [0, 0.1) is 5.41 Å². The summed E-state index contributed by atoms with van der Waals surface area (Å²) in [6, 6.07) is 0.939. The number of alkyl halides is 1. The molecule has 1 aliphatic heterocycles. The Labute approximate surface area is 86.9 Å². The molecule has 1 rings (SSSR count). The molecule has 2 atom stereocenters. The minimum absolute atomic E-state index is 0.235. The fourth-order valence-corrected chi connectivity index (χ4v) is 1.92. The molecule has 1 aliphatic rings. The Morgan fingerprint density at radius 1 is 1.43 bits per heavy atom. The maximum absolute atomic E-state index is 12.3. The Hall–Kier alpha value is -0.150. The van der Waals surface area contributed by atoms with Gasteiger partial charge in [-0.1, -0.05) is 20.8 Å². The zero-order valence-electron chi connectivity index (χ0n) is 9.81. The van der Waals surface area contributed by atoms with Gasteiger partial charge in [-0.15, -0.1) is 0 Å². The molecule has 0 aromatic carbocycles. The van der Waals surface area contributed by atoms with Crippen molar-refractivity contribution >= 4 is 0 Å². The van der Waals surface area contributed by atoms with Crippen molar-refractivity contribution in [1.82, 2.24) is 10.2 Å². The molecule has 1 N–H and O–H groups in total. The Kier molecular flexibility index (Phi) is 3.90. The van der Waals surface area contributed by atoms with E-state index in [1.807, 2.05) is 0 Å². The molecule has 1 fully saturated rings. The van der Waals surface area contributed by atoms with Crippen molar-refractivity contribution in [3.05, 3.63) is 0 Å². The van der Waals surface area contributed by atoms with E-state index in [1.165, 1.54) is 0 Å². The van der Waals surface area contributed by atoms with Gasteiger partial charge in [0.05, 0.1) is 0 Å². The van der Waals surface area contributed by atoms with Crippen LogP contribution in [0.3, 0.4) is 0 Å². The van der Waals surface area contributed by atoms with Crippen molar-refractivity contribution in [3.63, 3.8) is 0 Å². The van der Waals surface area contributed by atoms with Crippen molar-refractivity contribution in [2.45, 2.75) is 39.8 Å². The number of halogens is 1. The molecule has 0 spiro atoms. The van der Waals surface area contributed by atoms with Gasteiger partial charge in [0.2, 0.25) is 0 Å². The van der Waals surface area contributed by atoms with Gasteiger partial charge >= 0.3 is 0 Å². The van der Waals surface area contributed by atoms with Crippen LogP contribution in [0.1, 0.15) is 27.7 Å². The van der Waals surface area contributed by atoms with Crippen LogP contribution in [0.5, 0.6) is 0 Å². The molecule has 0 aliphatic carbocycles. The molecule has 2 unspecified atom stereocenters. The van der Waals surface area contributed by atoms with Gasteiger partial charge in [0.25, 0.3) is 0 Å². The lowest BCUT2D eigenvalue weighted by Crippen LogP contribution is -2.59. The number of hydrogen-bond donors (Lipinski definition) is 1. The van der Waals surface area contributed by atoms with Crippen molar-refractivity contribution in [3.8, 4) is 0 Å². The van der Waals surface area contributed by atoms with Gasteiger partial charge in [-0.2, -0.15) is 0 Å². The Bertz CT molecular complexity index is 177. The third-order valence-corrected chi connectivity index (χ3v) is 3.12. The molecule has 3 heteroatoms. The Morgan fingerprint density at radius 2 is 2.07 bits per heavy atom. The van der Waals surface area contributed by atoms with Gasteiger partial charge in [0, 0.05) is 31.7 Å². The Morgan fingerprint density at radius 3 is 2.57 bits per heavy atom. The highest BCUT2D eigenvalue weighted by Crippen LogP contribution is 2.23. The van der Waals surface area contributed by atoms with Gasteiger partial charge in [-0.25, -0.2) is 4.39 Å². The smallest absolute Gasteiger partial charge is 0.102 e. The van der Waals surface area contributed by atoms with E-state index in [4.69, 9.17) is 0 Å². The predicted octanol–water partition coefficient (Wildman–Crippen LogP) is 1.66. The minimum Gasteiger partial charge on any atom is -0.311 e. The predicted molar refractivity (Wildman–Crippen MR) is 58.3 cm³/mol. The number of rotatable bonds is 2. The highest BCUT2D eigenvalue weighted by molar-refractivity contribution is 4.90. The molecule has 14 heavy (non-hydrogen) atoms. The first-order valence-electron chi connectivity index (χ1n) is 5.48. The second-order valence-electron chi connectivity index (χ2n) is 5.36. The molecule has 1 saturated heterocycles. The lowest BCUT2D eigenvalue weighted by atomic mass is 9.85. The van der Waals surface area contributed by atoms with Crippen LogP contribution < -0.4 is 5.32 Å². The topological polar surface area (TPSA) is 15.3 Å². The summed E-state index contributed by atoms with van der Waals surface area (Å²) < 4.78 is 12.3. The number of hydrogen-bond acceptors (Lipinski definition) is 2. The summed E-state index contributed by atoms with van der Waals surface area (Å²) in [7, 11) is 0. The fourth-order valence-electron chi connectivity index (χ4n) is 1.92. The van der Waals surface area contributed by atoms with E-state index in [-0.39, 0.29) is 12.1 Å². The SMILES string of the molecule is CC1CNC(C(C)(C)C)CN1CCF. The van der Waals surface area contributed by atoms with Crippen LogP contribution in [0.4, 0.5) is 4.39 Å². The molecule has 0 radical (unpaired) electrons. The van der Waals surface area contributed by atoms with Gasteiger partial charge in [-0.3, -0.25) is 4.90 Å². The van der Waals surface area contributed by atoms with Crippen LogP contribution in [0.2, 0.25) is 0 Å². The third-order valence-electron chi connectivity index (χ3n) is 3.12. The zero-order valence-corrected chi connectivity index (χ0v) is 9.81. The molecule has 0 aromatic rings. The van der Waals surface area contributed by atoms with E-state index in [1.54, 1.807) is 0 Å². The first-order valence-corrected chi connectivity index (χ1v) is 5.48. The lowest BCUT2D eigenvalue weighted by molar-refractivity contribution is 0.0882. The minimum atomic E-state index is -0.235. The molecule has 84 valence electrons. The highest BCUT2D eigenvalue weighted by atomic mass is 19.1. The van der Waals surface area contributed by atoms with Crippen molar-refractivity contribution < 1.29 is 4.39 Å². The summed E-state index contributed by atoms with van der Waals surface area (Å²) in [5.41, 5.74) is 0.259. The van der Waals surface area contributed by atoms with Crippen LogP contribution >= 0.6 is 0 Å². The summed E-state index contributed by atoms with van der Waals surface area (Å²) in [6.45, 7) is 11.1. The molecule has 0 bridgehead atoms. The first-order chi connectivity index (χ1) is 6.45. The van der Waals surface area contributed by atoms with Crippen LogP contribution in [0.15, 0.2) is 0 Å². The zero-order chi connectivity index (χ0) is 10.8. The molecule has 0 aromatic heterocycles. The maximum atomic E-state index is 12.3. The number of nitrogens with one attached hydrogen (secondary N) is 1. The molecule has 2 nitrogen and oxygen atoms in total. The van der Waals surface area contributed by atoms with Gasteiger partial charge in [-0.05, 0) is 12.3 Å². The monoisotopic (exact) mass is 202 g/mol. The largest absolute Gasteiger partial charge is 0.311 e. The van der Waals surface area contributed by atoms with E-state index in [0.29, 0.717) is 18.6 Å². The number of nitrogens with zero attached hydrogens (tertiary/aromatic N) is 1. The summed E-state index contributed by atoms with van der Waals surface area (Å²) in [6.07, 6.45) is 0. The number of piperazine rings is 1. The fraction of sp³-hybridized carbons (Fsp3) is 1.00. The van der Waals surface area contributed by atoms with E-state index in [0.717, 1.165) is 13.1 Å². The summed E-state index contributed by atoms with van der Waals surface area (Å²) in [5.74, 6) is 0. The van der Waals surface area contributed by atoms with Gasteiger partial charge < -0.3 is 5.32 Å². The van der Waals surface area contributed by atoms with Crippen molar-refractivity contribution in [2.75, 3.05) is 26.3 Å². The molecular weight excluding hydrogens is 179 g/mol. The molecule has 0 amide bonds. The third kappa shape index (κ3) is 2.92. The van der Waals surface area contributed by atoms with E-state index in [9.17, 15) is 4.39 Å². The summed E-state index contributed by atoms with van der Waals surface area (Å²) in [5, 5.41) is 3.53. The average Bonchev–Trinajstić information content (AvgIpc) is 2.07. The standard InChI is InChI=1S/C11H23FN2/c1-9-7-13-10(11(2,3)4)8-14(9)6-5-12/h9-10,13H,5-8H2,1-4H3. The normalized spacial score (nSPS) is 30.6.